The molecule has 6 heteroatoms. The van der Waals surface area contributed by atoms with Crippen molar-refractivity contribution < 1.29 is 0 Å². The molecule has 0 saturated heterocycles. The number of aromatic nitrogens is 3. The zero-order valence-electron chi connectivity index (χ0n) is 9.15. The third-order valence-corrected chi connectivity index (χ3v) is 4.54. The molecule has 2 heterocycles. The maximum absolute atomic E-state index is 5.92. The van der Waals surface area contributed by atoms with Crippen LogP contribution in [0.3, 0.4) is 0 Å². The molecule has 1 N–H and O–H groups in total. The van der Waals surface area contributed by atoms with Gasteiger partial charge in [-0.15, -0.1) is 11.3 Å². The van der Waals surface area contributed by atoms with Crippen molar-refractivity contribution in [2.24, 2.45) is 0 Å². The SMILES string of the molecule is S=c1[nH]nc(C2CC2)n1CCc1ccc(Cl)s1. The first-order valence-corrected chi connectivity index (χ1v) is 7.23. The minimum Gasteiger partial charge on any atom is -0.304 e. The average Bonchev–Trinajstić information content (AvgIpc) is 2.97. The van der Waals surface area contributed by atoms with Crippen molar-refractivity contribution in [3.63, 3.8) is 0 Å². The number of hydrogen-bond donors (Lipinski definition) is 1. The molecule has 0 radical (unpaired) electrons. The second-order valence-corrected chi connectivity index (χ2v) is 6.46. The van der Waals surface area contributed by atoms with E-state index in [0.717, 1.165) is 27.9 Å². The molecule has 90 valence electrons. The summed E-state index contributed by atoms with van der Waals surface area (Å²) in [5.41, 5.74) is 0. The number of hydrogen-bond acceptors (Lipinski definition) is 3. The van der Waals surface area contributed by atoms with Crippen LogP contribution in [0.15, 0.2) is 12.1 Å². The molecule has 2 aromatic rings. The van der Waals surface area contributed by atoms with Gasteiger partial charge in [-0.2, -0.15) is 5.10 Å². The van der Waals surface area contributed by atoms with Gasteiger partial charge in [0.15, 0.2) is 4.77 Å². The summed E-state index contributed by atoms with van der Waals surface area (Å²) in [6.07, 6.45) is 3.44. The monoisotopic (exact) mass is 285 g/mol. The Bertz CT molecular complexity index is 580. The van der Waals surface area contributed by atoms with Crippen LogP contribution in [-0.2, 0) is 13.0 Å². The summed E-state index contributed by atoms with van der Waals surface area (Å²) in [6, 6.07) is 4.02. The number of halogens is 1. The van der Waals surface area contributed by atoms with Gasteiger partial charge in [0.05, 0.1) is 4.34 Å². The van der Waals surface area contributed by atoms with Crippen LogP contribution in [0.2, 0.25) is 4.34 Å². The Labute approximate surface area is 113 Å². The van der Waals surface area contributed by atoms with Crippen LogP contribution < -0.4 is 0 Å². The molecule has 0 bridgehead atoms. The second kappa shape index (κ2) is 4.55. The third-order valence-electron chi connectivity index (χ3n) is 2.94. The molecule has 1 saturated carbocycles. The first-order valence-electron chi connectivity index (χ1n) is 5.63. The fraction of sp³-hybridized carbons (Fsp3) is 0.455. The summed E-state index contributed by atoms with van der Waals surface area (Å²) in [6.45, 7) is 0.887. The van der Waals surface area contributed by atoms with Crippen molar-refractivity contribution in [3.05, 3.63) is 31.9 Å². The Morgan fingerprint density at radius 3 is 3.00 bits per heavy atom. The number of H-pyrrole nitrogens is 1. The minimum absolute atomic E-state index is 0.620. The molecule has 0 unspecified atom stereocenters. The second-order valence-electron chi connectivity index (χ2n) is 4.27. The predicted octanol–water partition coefficient (Wildman–Crippen LogP) is 3.78. The molecular formula is C11H12ClN3S2. The van der Waals surface area contributed by atoms with E-state index in [1.165, 1.54) is 17.7 Å². The topological polar surface area (TPSA) is 33.6 Å². The van der Waals surface area contributed by atoms with Gasteiger partial charge < -0.3 is 4.57 Å². The number of nitrogens with zero attached hydrogens (tertiary/aromatic N) is 2. The summed E-state index contributed by atoms with van der Waals surface area (Å²) in [5, 5.41) is 7.21. The molecule has 1 aliphatic carbocycles. The first-order chi connectivity index (χ1) is 8.24. The van der Waals surface area contributed by atoms with Crippen LogP contribution in [-0.4, -0.2) is 14.8 Å². The molecule has 1 fully saturated rings. The van der Waals surface area contributed by atoms with Crippen LogP contribution in [0.5, 0.6) is 0 Å². The van der Waals surface area contributed by atoms with Gasteiger partial charge in [0.2, 0.25) is 0 Å². The fourth-order valence-corrected chi connectivity index (χ4v) is 3.21. The molecular weight excluding hydrogens is 274 g/mol. The summed E-state index contributed by atoms with van der Waals surface area (Å²) >= 11 is 12.8. The van der Waals surface area contributed by atoms with E-state index in [9.17, 15) is 0 Å². The Kier molecular flexibility index (Phi) is 3.06. The van der Waals surface area contributed by atoms with E-state index >= 15 is 0 Å². The quantitative estimate of drug-likeness (QED) is 0.868. The van der Waals surface area contributed by atoms with Crippen molar-refractivity contribution in [2.45, 2.75) is 31.7 Å². The van der Waals surface area contributed by atoms with E-state index in [1.807, 2.05) is 6.07 Å². The van der Waals surface area contributed by atoms with Gasteiger partial charge in [-0.3, -0.25) is 5.10 Å². The lowest BCUT2D eigenvalue weighted by molar-refractivity contribution is 0.649. The van der Waals surface area contributed by atoms with Crippen molar-refractivity contribution in [1.29, 1.82) is 0 Å². The molecule has 3 nitrogen and oxygen atoms in total. The molecule has 1 aliphatic rings. The Morgan fingerprint density at radius 2 is 2.35 bits per heavy atom. The fourth-order valence-electron chi connectivity index (χ4n) is 1.91. The van der Waals surface area contributed by atoms with Crippen LogP contribution in [0.4, 0.5) is 0 Å². The molecule has 0 atom stereocenters. The predicted molar refractivity (Wildman–Crippen MR) is 72.4 cm³/mol. The average molecular weight is 286 g/mol. The van der Waals surface area contributed by atoms with E-state index in [4.69, 9.17) is 23.8 Å². The van der Waals surface area contributed by atoms with Crippen LogP contribution in [0.25, 0.3) is 0 Å². The zero-order chi connectivity index (χ0) is 11.8. The molecule has 0 aliphatic heterocycles. The summed E-state index contributed by atoms with van der Waals surface area (Å²) in [4.78, 5) is 1.29. The highest BCUT2D eigenvalue weighted by Crippen LogP contribution is 2.38. The van der Waals surface area contributed by atoms with Crippen molar-refractivity contribution in [2.75, 3.05) is 0 Å². The highest BCUT2D eigenvalue weighted by molar-refractivity contribution is 7.71. The van der Waals surface area contributed by atoms with E-state index in [0.29, 0.717) is 5.92 Å². The Morgan fingerprint density at radius 1 is 1.53 bits per heavy atom. The van der Waals surface area contributed by atoms with Gasteiger partial charge in [-0.1, -0.05) is 11.6 Å². The van der Waals surface area contributed by atoms with E-state index in [1.54, 1.807) is 11.3 Å². The standard InChI is InChI=1S/C11H12ClN3S2/c12-9-4-3-8(17-9)5-6-15-10(7-1-2-7)13-14-11(15)16/h3-4,7H,1-2,5-6H2,(H,14,16). The van der Waals surface area contributed by atoms with Gasteiger partial charge in [-0.25, -0.2) is 0 Å². The van der Waals surface area contributed by atoms with Crippen LogP contribution >= 0.6 is 35.2 Å². The maximum atomic E-state index is 5.92. The molecule has 0 spiro atoms. The van der Waals surface area contributed by atoms with Gasteiger partial charge in [0.25, 0.3) is 0 Å². The normalized spacial score (nSPS) is 15.4. The smallest absolute Gasteiger partial charge is 0.195 e. The zero-order valence-corrected chi connectivity index (χ0v) is 11.5. The largest absolute Gasteiger partial charge is 0.304 e. The maximum Gasteiger partial charge on any atom is 0.195 e. The molecule has 3 rings (SSSR count). The number of nitrogens with one attached hydrogen (secondary N) is 1. The Balaban J connectivity index is 1.76. The molecule has 0 aromatic carbocycles. The number of rotatable bonds is 4. The van der Waals surface area contributed by atoms with Crippen molar-refractivity contribution in [1.82, 2.24) is 14.8 Å². The van der Waals surface area contributed by atoms with E-state index in [2.05, 4.69) is 20.8 Å². The van der Waals surface area contributed by atoms with Crippen molar-refractivity contribution >= 4 is 35.2 Å². The van der Waals surface area contributed by atoms with Crippen LogP contribution in [0.1, 0.15) is 29.5 Å². The number of thiophene rings is 1. The van der Waals surface area contributed by atoms with Crippen LogP contribution in [0, 0.1) is 4.77 Å². The highest BCUT2D eigenvalue weighted by atomic mass is 35.5. The van der Waals surface area contributed by atoms with Gasteiger partial charge >= 0.3 is 0 Å². The molecule has 2 aromatic heterocycles. The van der Waals surface area contributed by atoms with E-state index in [-0.39, 0.29) is 0 Å². The summed E-state index contributed by atoms with van der Waals surface area (Å²) in [5.74, 6) is 1.74. The Hall–Kier alpha value is -0.650. The molecule has 17 heavy (non-hydrogen) atoms. The summed E-state index contributed by atoms with van der Waals surface area (Å²) in [7, 11) is 0. The van der Waals surface area contributed by atoms with Gasteiger partial charge in [0, 0.05) is 17.3 Å². The summed E-state index contributed by atoms with van der Waals surface area (Å²) < 4.78 is 3.70. The first kappa shape index (κ1) is 11.4. The highest BCUT2D eigenvalue weighted by Gasteiger charge is 2.28. The third kappa shape index (κ3) is 2.46. The lowest BCUT2D eigenvalue weighted by Gasteiger charge is -2.04. The number of aromatic amines is 1. The minimum atomic E-state index is 0.620. The number of aryl methyl sites for hydroxylation is 1. The van der Waals surface area contributed by atoms with Gasteiger partial charge in [-0.05, 0) is 43.6 Å². The van der Waals surface area contributed by atoms with Gasteiger partial charge in [0.1, 0.15) is 5.82 Å². The van der Waals surface area contributed by atoms with E-state index < -0.39 is 0 Å². The molecule has 0 amide bonds. The lowest BCUT2D eigenvalue weighted by atomic mass is 10.3. The van der Waals surface area contributed by atoms with Crippen molar-refractivity contribution in [3.8, 4) is 0 Å². The lowest BCUT2D eigenvalue weighted by Crippen LogP contribution is -2.05.